The van der Waals surface area contributed by atoms with Gasteiger partial charge in [0.1, 0.15) is 5.75 Å². The number of aryl methyl sites for hydroxylation is 1. The molecule has 8 nitrogen and oxygen atoms in total. The Kier molecular flexibility index (Phi) is 7.38. The molecule has 0 saturated heterocycles. The molecule has 27 heavy (non-hydrogen) atoms. The highest BCUT2D eigenvalue weighted by Crippen LogP contribution is 2.35. The molecule has 146 valence electrons. The van der Waals surface area contributed by atoms with E-state index in [1.165, 1.54) is 7.11 Å². The maximum absolute atomic E-state index is 12.3. The number of carbonyl (C=O) groups excluding carboxylic acids is 1. The second kappa shape index (κ2) is 9.53. The number of hydrogen-bond acceptors (Lipinski definition) is 4. The normalized spacial score (nSPS) is 12.3. The minimum absolute atomic E-state index is 0.330. The summed E-state index contributed by atoms with van der Waals surface area (Å²) in [6, 6.07) is 13.4. The molecule has 0 aromatic heterocycles. The average molecular weight is 394 g/mol. The molecule has 0 aliphatic carbocycles. The first-order valence-corrected chi connectivity index (χ1v) is 9.75. The summed E-state index contributed by atoms with van der Waals surface area (Å²) in [7, 11) is -3.10. The van der Waals surface area contributed by atoms with Gasteiger partial charge >= 0.3 is 13.9 Å². The van der Waals surface area contributed by atoms with Crippen molar-refractivity contribution in [3.63, 3.8) is 0 Å². The predicted molar refractivity (Wildman–Crippen MR) is 102 cm³/mol. The van der Waals surface area contributed by atoms with Crippen molar-refractivity contribution in [2.24, 2.45) is 0 Å². The molecule has 1 atom stereocenters. The SMILES string of the molecule is COc1cc(C)cc(NC(=O)N[C@@H](COP(=O)(O)O)Cc2ccccc2)c1. The van der Waals surface area contributed by atoms with Gasteiger partial charge in [-0.2, -0.15) is 0 Å². The molecule has 2 aromatic carbocycles. The number of amides is 2. The number of methoxy groups -OCH3 is 1. The first-order valence-electron chi connectivity index (χ1n) is 8.22. The predicted octanol–water partition coefficient (Wildman–Crippen LogP) is 2.85. The molecule has 0 unspecified atom stereocenters. The molecule has 9 heteroatoms. The molecule has 0 aliphatic rings. The number of urea groups is 1. The highest BCUT2D eigenvalue weighted by atomic mass is 31.2. The van der Waals surface area contributed by atoms with Gasteiger partial charge in [0.05, 0.1) is 19.8 Å². The van der Waals surface area contributed by atoms with Crippen molar-refractivity contribution in [2.45, 2.75) is 19.4 Å². The standard InChI is InChI=1S/C18H23N2O6P/c1-13-8-15(11-17(9-13)25-2)19-18(21)20-16(12-26-27(22,23)24)10-14-6-4-3-5-7-14/h3-9,11,16H,10,12H2,1-2H3,(H2,19,20,21)(H2,22,23,24)/t16-/m1/s1. The van der Waals surface area contributed by atoms with Crippen molar-refractivity contribution in [1.82, 2.24) is 5.32 Å². The Morgan fingerprint density at radius 3 is 2.52 bits per heavy atom. The first kappa shape index (κ1) is 20.9. The van der Waals surface area contributed by atoms with Gasteiger partial charge in [-0.1, -0.05) is 30.3 Å². The quantitative estimate of drug-likeness (QED) is 0.512. The van der Waals surface area contributed by atoms with Crippen LogP contribution in [0.2, 0.25) is 0 Å². The van der Waals surface area contributed by atoms with Gasteiger partial charge in [-0.3, -0.25) is 4.52 Å². The van der Waals surface area contributed by atoms with Crippen LogP contribution in [0.15, 0.2) is 48.5 Å². The molecule has 0 fully saturated rings. The zero-order valence-corrected chi connectivity index (χ0v) is 16.0. The molecule has 0 radical (unpaired) electrons. The van der Waals surface area contributed by atoms with Gasteiger partial charge in [-0.05, 0) is 36.6 Å². The lowest BCUT2D eigenvalue weighted by molar-refractivity contribution is 0.176. The molecular weight excluding hydrogens is 371 g/mol. The summed E-state index contributed by atoms with van der Waals surface area (Å²) < 4.78 is 20.8. The number of benzene rings is 2. The van der Waals surface area contributed by atoms with E-state index in [0.717, 1.165) is 11.1 Å². The Morgan fingerprint density at radius 2 is 1.89 bits per heavy atom. The summed E-state index contributed by atoms with van der Waals surface area (Å²) in [5, 5.41) is 5.38. The van der Waals surface area contributed by atoms with Crippen LogP contribution >= 0.6 is 7.82 Å². The third-order valence-electron chi connectivity index (χ3n) is 3.65. The number of ether oxygens (including phenoxy) is 1. The van der Waals surface area contributed by atoms with Gasteiger partial charge in [-0.25, -0.2) is 9.36 Å². The van der Waals surface area contributed by atoms with E-state index in [0.29, 0.717) is 17.9 Å². The molecule has 0 aliphatic heterocycles. The summed E-state index contributed by atoms with van der Waals surface area (Å²) in [4.78, 5) is 30.2. The van der Waals surface area contributed by atoms with Crippen LogP contribution < -0.4 is 15.4 Å². The van der Waals surface area contributed by atoms with E-state index in [1.807, 2.05) is 43.3 Å². The maximum Gasteiger partial charge on any atom is 0.469 e. The number of anilines is 1. The van der Waals surface area contributed by atoms with Crippen LogP contribution in [0.3, 0.4) is 0 Å². The number of nitrogens with one attached hydrogen (secondary N) is 2. The Hall–Kier alpha value is -2.38. The van der Waals surface area contributed by atoms with Gasteiger partial charge in [0, 0.05) is 11.8 Å². The van der Waals surface area contributed by atoms with E-state index in [9.17, 15) is 9.36 Å². The molecular formula is C18H23N2O6P. The molecule has 0 spiro atoms. The molecule has 0 bridgehead atoms. The maximum atomic E-state index is 12.3. The van der Waals surface area contributed by atoms with E-state index in [-0.39, 0.29) is 6.61 Å². The fraction of sp³-hybridized carbons (Fsp3) is 0.278. The topological polar surface area (TPSA) is 117 Å². The zero-order valence-electron chi connectivity index (χ0n) is 15.1. The van der Waals surface area contributed by atoms with Gasteiger partial charge in [0.25, 0.3) is 0 Å². The molecule has 2 rings (SSSR count). The molecule has 2 amide bonds. The van der Waals surface area contributed by atoms with Gasteiger partial charge in [0.2, 0.25) is 0 Å². The first-order chi connectivity index (χ1) is 12.7. The number of phosphoric ester groups is 1. The minimum Gasteiger partial charge on any atom is -0.497 e. The van der Waals surface area contributed by atoms with E-state index in [2.05, 4.69) is 15.2 Å². The summed E-state index contributed by atoms with van der Waals surface area (Å²) in [5.41, 5.74) is 2.35. The fourth-order valence-electron chi connectivity index (χ4n) is 2.53. The Labute approximate surface area is 157 Å². The van der Waals surface area contributed by atoms with E-state index >= 15 is 0 Å². The van der Waals surface area contributed by atoms with Crippen molar-refractivity contribution in [2.75, 3.05) is 19.0 Å². The van der Waals surface area contributed by atoms with Crippen molar-refractivity contribution in [3.05, 3.63) is 59.7 Å². The molecule has 0 saturated carbocycles. The van der Waals surface area contributed by atoms with Crippen LogP contribution in [0, 0.1) is 6.92 Å². The third-order valence-corrected chi connectivity index (χ3v) is 4.13. The van der Waals surface area contributed by atoms with E-state index in [4.69, 9.17) is 14.5 Å². The minimum atomic E-state index is -4.64. The Bertz CT molecular complexity index is 809. The Morgan fingerprint density at radius 1 is 1.19 bits per heavy atom. The second-order valence-corrected chi connectivity index (χ2v) is 7.25. The van der Waals surface area contributed by atoms with Crippen molar-refractivity contribution in [1.29, 1.82) is 0 Å². The van der Waals surface area contributed by atoms with Gasteiger partial charge in [0.15, 0.2) is 0 Å². The largest absolute Gasteiger partial charge is 0.497 e. The lowest BCUT2D eigenvalue weighted by atomic mass is 10.1. The number of carbonyl (C=O) groups is 1. The average Bonchev–Trinajstić information content (AvgIpc) is 2.59. The third kappa shape index (κ3) is 7.80. The van der Waals surface area contributed by atoms with Gasteiger partial charge in [-0.15, -0.1) is 0 Å². The van der Waals surface area contributed by atoms with E-state index in [1.54, 1.807) is 12.1 Å². The molecule has 2 aromatic rings. The summed E-state index contributed by atoms with van der Waals surface area (Å²) in [6.45, 7) is 1.54. The van der Waals surface area contributed by atoms with Crippen LogP contribution in [0.25, 0.3) is 0 Å². The zero-order chi connectivity index (χ0) is 19.9. The Balaban J connectivity index is 2.05. The van der Waals surface area contributed by atoms with Crippen molar-refractivity contribution in [3.8, 4) is 5.75 Å². The summed E-state index contributed by atoms with van der Waals surface area (Å²) in [5.74, 6) is 0.607. The smallest absolute Gasteiger partial charge is 0.469 e. The fourth-order valence-corrected chi connectivity index (χ4v) is 2.90. The van der Waals surface area contributed by atoms with Gasteiger partial charge < -0.3 is 25.2 Å². The van der Waals surface area contributed by atoms with Crippen molar-refractivity contribution >= 4 is 19.5 Å². The van der Waals surface area contributed by atoms with Crippen LogP contribution in [0.4, 0.5) is 10.5 Å². The van der Waals surface area contributed by atoms with Crippen LogP contribution in [-0.4, -0.2) is 35.6 Å². The van der Waals surface area contributed by atoms with Crippen LogP contribution in [-0.2, 0) is 15.5 Å². The van der Waals surface area contributed by atoms with Crippen LogP contribution in [0.1, 0.15) is 11.1 Å². The van der Waals surface area contributed by atoms with Crippen molar-refractivity contribution < 1.29 is 28.4 Å². The summed E-state index contributed by atoms with van der Waals surface area (Å²) >= 11 is 0. The highest BCUT2D eigenvalue weighted by Gasteiger charge is 2.20. The number of phosphoric acid groups is 1. The highest BCUT2D eigenvalue weighted by molar-refractivity contribution is 7.46. The van der Waals surface area contributed by atoms with Crippen LogP contribution in [0.5, 0.6) is 5.75 Å². The number of rotatable bonds is 8. The number of hydrogen-bond donors (Lipinski definition) is 4. The second-order valence-electron chi connectivity index (χ2n) is 6.01. The molecule has 4 N–H and O–H groups in total. The lowest BCUT2D eigenvalue weighted by Crippen LogP contribution is -2.42. The lowest BCUT2D eigenvalue weighted by Gasteiger charge is -2.20. The van der Waals surface area contributed by atoms with E-state index < -0.39 is 19.9 Å². The molecule has 0 heterocycles. The monoisotopic (exact) mass is 394 g/mol. The summed E-state index contributed by atoms with van der Waals surface area (Å²) in [6.07, 6.45) is 0.353.